The van der Waals surface area contributed by atoms with Gasteiger partial charge < -0.3 is 5.32 Å². The summed E-state index contributed by atoms with van der Waals surface area (Å²) in [5.74, 6) is 0.0172. The van der Waals surface area contributed by atoms with E-state index in [0.717, 1.165) is 13.0 Å². The summed E-state index contributed by atoms with van der Waals surface area (Å²) in [5, 5.41) is 10.3. The van der Waals surface area contributed by atoms with Crippen LogP contribution in [0.15, 0.2) is 12.4 Å². The Labute approximate surface area is 91.0 Å². The summed E-state index contributed by atoms with van der Waals surface area (Å²) in [6, 6.07) is 0. The highest BCUT2D eigenvalue weighted by atomic mass is 79.9. The Morgan fingerprint density at radius 2 is 2.50 bits per heavy atom. The quantitative estimate of drug-likeness (QED) is 0.622. The molecule has 1 heterocycles. The van der Waals surface area contributed by atoms with Crippen LogP contribution in [0, 0.1) is 0 Å². The number of carbonyl (C=O) groups excluding carboxylic acids is 1. The standard InChI is InChI=1S/C8H13BrN4O/c1-7(9)8(14)10-3-2-5-13-6-4-11-12-13/h4,6-7H,2-3,5H2,1H3,(H,10,14). The lowest BCUT2D eigenvalue weighted by Gasteiger charge is -2.05. The van der Waals surface area contributed by atoms with Crippen molar-refractivity contribution in [1.29, 1.82) is 0 Å². The number of aromatic nitrogens is 3. The molecule has 1 aromatic rings. The van der Waals surface area contributed by atoms with Crippen molar-refractivity contribution in [2.75, 3.05) is 6.54 Å². The van der Waals surface area contributed by atoms with Gasteiger partial charge in [-0.1, -0.05) is 21.1 Å². The third-order valence-electron chi connectivity index (χ3n) is 1.70. The molecule has 0 saturated heterocycles. The molecule has 6 heteroatoms. The van der Waals surface area contributed by atoms with Crippen molar-refractivity contribution >= 4 is 21.8 Å². The summed E-state index contributed by atoms with van der Waals surface area (Å²) in [6.07, 6.45) is 4.29. The number of alkyl halides is 1. The highest BCUT2D eigenvalue weighted by Gasteiger charge is 2.06. The van der Waals surface area contributed by atoms with Crippen LogP contribution in [0.1, 0.15) is 13.3 Å². The van der Waals surface area contributed by atoms with Gasteiger partial charge in [0.25, 0.3) is 0 Å². The second-order valence-electron chi connectivity index (χ2n) is 2.93. The second-order valence-corrected chi connectivity index (χ2v) is 4.30. The summed E-state index contributed by atoms with van der Waals surface area (Å²) < 4.78 is 1.74. The fourth-order valence-electron chi connectivity index (χ4n) is 0.945. The topological polar surface area (TPSA) is 59.8 Å². The first-order valence-corrected chi connectivity index (χ1v) is 5.37. The molecule has 1 N–H and O–H groups in total. The fourth-order valence-corrected chi connectivity index (χ4v) is 1.11. The Morgan fingerprint density at radius 3 is 3.07 bits per heavy atom. The van der Waals surface area contributed by atoms with E-state index in [4.69, 9.17) is 0 Å². The van der Waals surface area contributed by atoms with Gasteiger partial charge in [-0.3, -0.25) is 9.48 Å². The predicted molar refractivity (Wildman–Crippen MR) is 56.0 cm³/mol. The van der Waals surface area contributed by atoms with Gasteiger partial charge in [-0.25, -0.2) is 0 Å². The normalized spacial score (nSPS) is 12.4. The lowest BCUT2D eigenvalue weighted by atomic mass is 10.4. The number of amides is 1. The maximum Gasteiger partial charge on any atom is 0.233 e. The first-order valence-electron chi connectivity index (χ1n) is 4.46. The van der Waals surface area contributed by atoms with Crippen molar-refractivity contribution < 1.29 is 4.79 Å². The van der Waals surface area contributed by atoms with Crippen molar-refractivity contribution in [3.8, 4) is 0 Å². The van der Waals surface area contributed by atoms with Gasteiger partial charge >= 0.3 is 0 Å². The van der Waals surface area contributed by atoms with E-state index in [1.54, 1.807) is 24.0 Å². The molecule has 0 fully saturated rings. The highest BCUT2D eigenvalue weighted by Crippen LogP contribution is 1.96. The van der Waals surface area contributed by atoms with Crippen LogP contribution in [0.2, 0.25) is 0 Å². The molecule has 0 aliphatic heterocycles. The number of nitrogens with zero attached hydrogens (tertiary/aromatic N) is 3. The summed E-state index contributed by atoms with van der Waals surface area (Å²) >= 11 is 3.19. The number of hydrogen-bond acceptors (Lipinski definition) is 3. The minimum Gasteiger partial charge on any atom is -0.355 e. The molecule has 1 amide bonds. The van der Waals surface area contributed by atoms with Crippen LogP contribution < -0.4 is 5.32 Å². The molecule has 0 aromatic carbocycles. The molecule has 0 aliphatic rings. The van der Waals surface area contributed by atoms with Gasteiger partial charge in [0.1, 0.15) is 0 Å². The van der Waals surface area contributed by atoms with Crippen LogP contribution in [0.3, 0.4) is 0 Å². The Balaban J connectivity index is 2.08. The maximum absolute atomic E-state index is 11.1. The lowest BCUT2D eigenvalue weighted by Crippen LogP contribution is -2.30. The molecule has 1 atom stereocenters. The van der Waals surface area contributed by atoms with Crippen molar-refractivity contribution in [3.05, 3.63) is 12.4 Å². The number of carbonyl (C=O) groups is 1. The number of rotatable bonds is 5. The zero-order chi connectivity index (χ0) is 10.4. The molecule has 78 valence electrons. The molecule has 14 heavy (non-hydrogen) atoms. The van der Waals surface area contributed by atoms with Crippen LogP contribution >= 0.6 is 15.9 Å². The monoisotopic (exact) mass is 260 g/mol. The first kappa shape index (κ1) is 11.2. The smallest absolute Gasteiger partial charge is 0.233 e. The summed E-state index contributed by atoms with van der Waals surface area (Å²) in [6.45, 7) is 3.23. The van der Waals surface area contributed by atoms with E-state index in [9.17, 15) is 4.79 Å². The van der Waals surface area contributed by atoms with Gasteiger partial charge in [0.2, 0.25) is 5.91 Å². The Hall–Kier alpha value is -0.910. The van der Waals surface area contributed by atoms with Crippen LogP contribution in [0.25, 0.3) is 0 Å². The minimum absolute atomic E-state index is 0.0172. The van der Waals surface area contributed by atoms with Gasteiger partial charge in [-0.05, 0) is 13.3 Å². The molecule has 0 spiro atoms. The number of aryl methyl sites for hydroxylation is 1. The second kappa shape index (κ2) is 5.74. The highest BCUT2D eigenvalue weighted by molar-refractivity contribution is 9.10. The van der Waals surface area contributed by atoms with E-state index in [1.165, 1.54) is 0 Å². The van der Waals surface area contributed by atoms with Crippen LogP contribution in [-0.4, -0.2) is 32.3 Å². The molecule has 1 rings (SSSR count). The average Bonchev–Trinajstić information content (AvgIpc) is 2.64. The van der Waals surface area contributed by atoms with Gasteiger partial charge in [-0.2, -0.15) is 0 Å². The van der Waals surface area contributed by atoms with Gasteiger partial charge in [0.05, 0.1) is 11.0 Å². The molecule has 1 aromatic heterocycles. The molecule has 5 nitrogen and oxygen atoms in total. The maximum atomic E-state index is 11.1. The molecule has 0 bridgehead atoms. The minimum atomic E-state index is -0.131. The van der Waals surface area contributed by atoms with Gasteiger partial charge in [0.15, 0.2) is 0 Å². The third-order valence-corrected chi connectivity index (χ3v) is 2.11. The van der Waals surface area contributed by atoms with Crippen molar-refractivity contribution in [3.63, 3.8) is 0 Å². The molecule has 0 aliphatic carbocycles. The van der Waals surface area contributed by atoms with Crippen molar-refractivity contribution in [1.82, 2.24) is 20.3 Å². The summed E-state index contributed by atoms with van der Waals surface area (Å²) in [7, 11) is 0. The zero-order valence-electron chi connectivity index (χ0n) is 7.98. The van der Waals surface area contributed by atoms with E-state index >= 15 is 0 Å². The van der Waals surface area contributed by atoms with Crippen LogP contribution in [0.5, 0.6) is 0 Å². The Bertz CT molecular complexity index is 273. The van der Waals surface area contributed by atoms with E-state index in [2.05, 4.69) is 31.6 Å². The van der Waals surface area contributed by atoms with Crippen molar-refractivity contribution in [2.45, 2.75) is 24.7 Å². The predicted octanol–water partition coefficient (Wildman–Crippen LogP) is 0.568. The zero-order valence-corrected chi connectivity index (χ0v) is 9.57. The van der Waals surface area contributed by atoms with Crippen molar-refractivity contribution in [2.24, 2.45) is 0 Å². The Morgan fingerprint density at radius 1 is 1.71 bits per heavy atom. The summed E-state index contributed by atoms with van der Waals surface area (Å²) in [4.78, 5) is 11.0. The number of hydrogen-bond donors (Lipinski definition) is 1. The third kappa shape index (κ3) is 3.87. The average molecular weight is 261 g/mol. The lowest BCUT2D eigenvalue weighted by molar-refractivity contribution is -0.120. The molecule has 0 radical (unpaired) electrons. The fraction of sp³-hybridized carbons (Fsp3) is 0.625. The molecule has 0 saturated carbocycles. The first-order chi connectivity index (χ1) is 6.70. The van der Waals surface area contributed by atoms with Gasteiger partial charge in [0, 0.05) is 19.3 Å². The molecular formula is C8H13BrN4O. The molecule has 1 unspecified atom stereocenters. The van der Waals surface area contributed by atoms with Crippen LogP contribution in [-0.2, 0) is 11.3 Å². The Kier molecular flexibility index (Phi) is 4.58. The number of halogens is 1. The van der Waals surface area contributed by atoms with Gasteiger partial charge in [-0.15, -0.1) is 5.10 Å². The summed E-state index contributed by atoms with van der Waals surface area (Å²) in [5.41, 5.74) is 0. The SMILES string of the molecule is CC(Br)C(=O)NCCCn1ccnn1. The largest absolute Gasteiger partial charge is 0.355 e. The van der Waals surface area contributed by atoms with E-state index in [1.807, 2.05) is 0 Å². The molecular weight excluding hydrogens is 248 g/mol. The van der Waals surface area contributed by atoms with E-state index in [0.29, 0.717) is 6.54 Å². The van der Waals surface area contributed by atoms with Crippen LogP contribution in [0.4, 0.5) is 0 Å². The number of nitrogens with one attached hydrogen (secondary N) is 1. The van der Waals surface area contributed by atoms with E-state index < -0.39 is 0 Å². The van der Waals surface area contributed by atoms with E-state index in [-0.39, 0.29) is 10.7 Å².